The Balaban J connectivity index is 1.65. The van der Waals surface area contributed by atoms with E-state index in [0.717, 1.165) is 51.8 Å². The van der Waals surface area contributed by atoms with E-state index in [1.54, 1.807) is 0 Å². The molecule has 2 rings (SSSR count). The first-order valence-electron chi connectivity index (χ1n) is 7.45. The monoisotopic (exact) mass is 290 g/mol. The van der Waals surface area contributed by atoms with Crippen LogP contribution in [-0.2, 0) is 14.8 Å². The van der Waals surface area contributed by atoms with Crippen LogP contribution in [-0.4, -0.2) is 46.5 Å². The number of rotatable bonds is 6. The molecule has 2 fully saturated rings. The zero-order valence-corrected chi connectivity index (χ0v) is 12.4. The molecular formula is C13H26N2O3S. The first-order chi connectivity index (χ1) is 9.16. The molecule has 19 heavy (non-hydrogen) atoms. The lowest BCUT2D eigenvalue weighted by Crippen LogP contribution is -2.36. The highest BCUT2D eigenvalue weighted by molar-refractivity contribution is 7.89. The molecule has 1 unspecified atom stereocenters. The van der Waals surface area contributed by atoms with Crippen molar-refractivity contribution in [3.8, 4) is 0 Å². The maximum atomic E-state index is 12.0. The molecular weight excluding hydrogens is 264 g/mol. The molecule has 6 heteroatoms. The molecule has 0 aromatic heterocycles. The Bertz CT molecular complexity index is 347. The van der Waals surface area contributed by atoms with Gasteiger partial charge in [-0.25, -0.2) is 13.1 Å². The minimum atomic E-state index is -3.12. The van der Waals surface area contributed by atoms with Crippen molar-refractivity contribution in [2.75, 3.05) is 32.0 Å². The van der Waals surface area contributed by atoms with Gasteiger partial charge in [-0.15, -0.1) is 0 Å². The van der Waals surface area contributed by atoms with Crippen LogP contribution in [0, 0.1) is 5.92 Å². The van der Waals surface area contributed by atoms with Gasteiger partial charge < -0.3 is 10.1 Å². The van der Waals surface area contributed by atoms with E-state index in [9.17, 15) is 8.42 Å². The van der Waals surface area contributed by atoms with E-state index in [2.05, 4.69) is 10.0 Å². The fourth-order valence-electron chi connectivity index (χ4n) is 2.83. The van der Waals surface area contributed by atoms with Gasteiger partial charge in [0.15, 0.2) is 0 Å². The summed E-state index contributed by atoms with van der Waals surface area (Å²) in [7, 11) is -3.12. The Morgan fingerprint density at radius 3 is 2.63 bits per heavy atom. The molecule has 5 nitrogen and oxygen atoms in total. The summed E-state index contributed by atoms with van der Waals surface area (Å²) in [6.07, 6.45) is 6.38. The molecule has 0 radical (unpaired) electrons. The topological polar surface area (TPSA) is 67.4 Å². The third-order valence-electron chi connectivity index (χ3n) is 3.98. The molecule has 2 heterocycles. The minimum Gasteiger partial charge on any atom is -0.378 e. The number of hydrogen-bond acceptors (Lipinski definition) is 4. The fourth-order valence-corrected chi connectivity index (χ4v) is 4.33. The summed E-state index contributed by atoms with van der Waals surface area (Å²) >= 11 is 0. The molecule has 2 aliphatic rings. The highest BCUT2D eigenvalue weighted by Gasteiger charge is 2.21. The van der Waals surface area contributed by atoms with Crippen LogP contribution in [0.25, 0.3) is 0 Å². The quantitative estimate of drug-likeness (QED) is 0.761. The molecule has 0 aromatic carbocycles. The van der Waals surface area contributed by atoms with Crippen LogP contribution in [0.2, 0.25) is 0 Å². The first-order valence-corrected chi connectivity index (χ1v) is 9.10. The summed E-state index contributed by atoms with van der Waals surface area (Å²) < 4.78 is 32.3. The van der Waals surface area contributed by atoms with E-state index in [0.29, 0.717) is 12.5 Å². The number of hydrogen-bond donors (Lipinski definition) is 2. The second-order valence-electron chi connectivity index (χ2n) is 5.65. The van der Waals surface area contributed by atoms with E-state index >= 15 is 0 Å². The first kappa shape index (κ1) is 15.2. The molecule has 0 saturated carbocycles. The van der Waals surface area contributed by atoms with Gasteiger partial charge in [0.25, 0.3) is 0 Å². The van der Waals surface area contributed by atoms with Crippen LogP contribution in [0.3, 0.4) is 0 Å². The number of sulfonamides is 1. The maximum absolute atomic E-state index is 12.0. The normalized spacial score (nSPS) is 26.4. The second kappa shape index (κ2) is 7.57. The van der Waals surface area contributed by atoms with Crippen molar-refractivity contribution in [1.29, 1.82) is 0 Å². The second-order valence-corrected chi connectivity index (χ2v) is 7.50. The Morgan fingerprint density at radius 2 is 1.95 bits per heavy atom. The van der Waals surface area contributed by atoms with Gasteiger partial charge in [0.2, 0.25) is 10.0 Å². The molecule has 0 aliphatic carbocycles. The van der Waals surface area contributed by atoms with Gasteiger partial charge in [0.1, 0.15) is 0 Å². The van der Waals surface area contributed by atoms with Crippen molar-refractivity contribution in [2.45, 2.75) is 44.6 Å². The zero-order valence-electron chi connectivity index (χ0n) is 11.6. The summed E-state index contributed by atoms with van der Waals surface area (Å²) in [6.45, 7) is 3.22. The lowest BCUT2D eigenvalue weighted by molar-refractivity contribution is 0.0123. The van der Waals surface area contributed by atoms with Gasteiger partial charge in [0.05, 0.1) is 11.9 Å². The van der Waals surface area contributed by atoms with Gasteiger partial charge in [-0.3, -0.25) is 0 Å². The molecule has 0 spiro atoms. The Hall–Kier alpha value is -0.170. The van der Waals surface area contributed by atoms with Crippen molar-refractivity contribution in [1.82, 2.24) is 10.0 Å². The largest absolute Gasteiger partial charge is 0.378 e. The lowest BCUT2D eigenvalue weighted by atomic mass is 10.0. The maximum Gasteiger partial charge on any atom is 0.211 e. The summed E-state index contributed by atoms with van der Waals surface area (Å²) in [5.41, 5.74) is 0. The molecule has 0 bridgehead atoms. The van der Waals surface area contributed by atoms with Gasteiger partial charge >= 0.3 is 0 Å². The van der Waals surface area contributed by atoms with Crippen molar-refractivity contribution >= 4 is 10.0 Å². The van der Waals surface area contributed by atoms with Crippen molar-refractivity contribution in [3.63, 3.8) is 0 Å². The SMILES string of the molecule is O=S(=O)(CC1CCNCC1)NCCC1CCCCO1. The Morgan fingerprint density at radius 1 is 1.16 bits per heavy atom. The molecule has 0 aromatic rings. The summed E-state index contributed by atoms with van der Waals surface area (Å²) in [6, 6.07) is 0. The minimum absolute atomic E-state index is 0.246. The summed E-state index contributed by atoms with van der Waals surface area (Å²) in [5, 5.41) is 3.25. The fraction of sp³-hybridized carbons (Fsp3) is 1.00. The predicted octanol–water partition coefficient (Wildman–Crippen LogP) is 0.865. The van der Waals surface area contributed by atoms with E-state index < -0.39 is 10.0 Å². The number of nitrogens with one attached hydrogen (secondary N) is 2. The third kappa shape index (κ3) is 5.77. The van der Waals surface area contributed by atoms with E-state index in [-0.39, 0.29) is 11.9 Å². The molecule has 1 atom stereocenters. The van der Waals surface area contributed by atoms with E-state index in [4.69, 9.17) is 4.74 Å². The molecule has 0 amide bonds. The highest BCUT2D eigenvalue weighted by atomic mass is 32.2. The summed E-state index contributed by atoms with van der Waals surface area (Å²) in [4.78, 5) is 0. The highest BCUT2D eigenvalue weighted by Crippen LogP contribution is 2.16. The lowest BCUT2D eigenvalue weighted by Gasteiger charge is -2.24. The predicted molar refractivity (Wildman–Crippen MR) is 75.6 cm³/mol. The van der Waals surface area contributed by atoms with Crippen LogP contribution >= 0.6 is 0 Å². The van der Waals surface area contributed by atoms with Crippen LogP contribution in [0.15, 0.2) is 0 Å². The average molecular weight is 290 g/mol. The summed E-state index contributed by atoms with van der Waals surface area (Å²) in [5.74, 6) is 0.588. The van der Waals surface area contributed by atoms with Crippen molar-refractivity contribution in [3.05, 3.63) is 0 Å². The van der Waals surface area contributed by atoms with E-state index in [1.165, 1.54) is 6.42 Å². The molecule has 112 valence electrons. The smallest absolute Gasteiger partial charge is 0.211 e. The van der Waals surface area contributed by atoms with Gasteiger partial charge in [-0.1, -0.05) is 0 Å². The average Bonchev–Trinajstić information content (AvgIpc) is 2.40. The van der Waals surface area contributed by atoms with Crippen molar-refractivity contribution in [2.24, 2.45) is 5.92 Å². The number of ether oxygens (including phenoxy) is 1. The van der Waals surface area contributed by atoms with Crippen LogP contribution < -0.4 is 10.0 Å². The molecule has 2 aliphatic heterocycles. The molecule has 2 N–H and O–H groups in total. The standard InChI is InChI=1S/C13H26N2O3S/c16-19(17,11-12-4-7-14-8-5-12)15-9-6-13-3-1-2-10-18-13/h12-15H,1-11H2. The Labute approximate surface area is 116 Å². The van der Waals surface area contributed by atoms with E-state index in [1.807, 2.05) is 0 Å². The van der Waals surface area contributed by atoms with Gasteiger partial charge in [-0.2, -0.15) is 0 Å². The Kier molecular flexibility index (Phi) is 6.06. The zero-order chi connectivity index (χ0) is 13.6. The van der Waals surface area contributed by atoms with Crippen molar-refractivity contribution < 1.29 is 13.2 Å². The van der Waals surface area contributed by atoms with Crippen LogP contribution in [0.5, 0.6) is 0 Å². The molecule has 2 saturated heterocycles. The van der Waals surface area contributed by atoms with Crippen LogP contribution in [0.4, 0.5) is 0 Å². The number of piperidine rings is 1. The third-order valence-corrected chi connectivity index (χ3v) is 5.53. The van der Waals surface area contributed by atoms with Gasteiger partial charge in [-0.05, 0) is 57.5 Å². The van der Waals surface area contributed by atoms with Crippen LogP contribution in [0.1, 0.15) is 38.5 Å². The van der Waals surface area contributed by atoms with Gasteiger partial charge in [0, 0.05) is 13.2 Å².